The van der Waals surface area contributed by atoms with Gasteiger partial charge in [-0.15, -0.1) is 0 Å². The van der Waals surface area contributed by atoms with Crippen molar-refractivity contribution in [2.75, 3.05) is 18.4 Å². The lowest BCUT2D eigenvalue weighted by molar-refractivity contribution is -0.188. The van der Waals surface area contributed by atoms with Crippen LogP contribution in [-0.4, -0.2) is 36.1 Å². The van der Waals surface area contributed by atoms with Gasteiger partial charge in [0, 0.05) is 12.2 Å². The zero-order valence-electron chi connectivity index (χ0n) is 14.6. The van der Waals surface area contributed by atoms with Crippen LogP contribution in [0.5, 0.6) is 0 Å². The summed E-state index contributed by atoms with van der Waals surface area (Å²) in [5.74, 6) is -1.60. The first-order valence-electron chi connectivity index (χ1n) is 8.29. The second kappa shape index (κ2) is 7.13. The van der Waals surface area contributed by atoms with Crippen LogP contribution in [0.3, 0.4) is 0 Å². The number of alkyl halides is 3. The fourth-order valence-electron chi connectivity index (χ4n) is 3.40. The van der Waals surface area contributed by atoms with E-state index >= 15 is 0 Å². The molecule has 6 heteroatoms. The summed E-state index contributed by atoms with van der Waals surface area (Å²) < 4.78 is 38.8. The van der Waals surface area contributed by atoms with Gasteiger partial charge >= 0.3 is 6.18 Å². The van der Waals surface area contributed by atoms with Crippen LogP contribution in [0.4, 0.5) is 18.9 Å². The topological polar surface area (TPSA) is 32.3 Å². The summed E-state index contributed by atoms with van der Waals surface area (Å²) in [5.41, 5.74) is 3.78. The summed E-state index contributed by atoms with van der Waals surface area (Å²) in [6.07, 6.45) is -3.59. The fraction of sp³-hybridized carbons (Fsp3) is 0.611. The molecule has 0 bridgehead atoms. The van der Waals surface area contributed by atoms with Crippen molar-refractivity contribution in [1.82, 2.24) is 4.90 Å². The van der Waals surface area contributed by atoms with Crippen molar-refractivity contribution in [3.63, 3.8) is 0 Å². The quantitative estimate of drug-likeness (QED) is 0.892. The van der Waals surface area contributed by atoms with Crippen molar-refractivity contribution in [3.8, 4) is 0 Å². The summed E-state index contributed by atoms with van der Waals surface area (Å²) in [7, 11) is 0. The number of carbonyl (C=O) groups excluding carboxylic acids is 1. The minimum Gasteiger partial charge on any atom is -0.324 e. The first-order valence-corrected chi connectivity index (χ1v) is 8.29. The Morgan fingerprint density at radius 3 is 2.38 bits per heavy atom. The van der Waals surface area contributed by atoms with E-state index in [2.05, 4.69) is 5.32 Å². The van der Waals surface area contributed by atoms with Crippen LogP contribution in [0.15, 0.2) is 12.1 Å². The Balaban J connectivity index is 2.07. The highest BCUT2D eigenvalue weighted by Gasteiger charge is 2.43. The normalized spacial score (nSPS) is 20.7. The Morgan fingerprint density at radius 1 is 1.25 bits per heavy atom. The van der Waals surface area contributed by atoms with Crippen LogP contribution in [0.1, 0.15) is 36.5 Å². The third-order valence-corrected chi connectivity index (χ3v) is 4.77. The first-order chi connectivity index (χ1) is 11.1. The van der Waals surface area contributed by atoms with Crippen molar-refractivity contribution < 1.29 is 18.0 Å². The number of carbonyl (C=O) groups is 1. The van der Waals surface area contributed by atoms with Gasteiger partial charge in [0.05, 0.1) is 12.0 Å². The molecule has 0 aliphatic carbocycles. The Morgan fingerprint density at radius 2 is 1.83 bits per heavy atom. The van der Waals surface area contributed by atoms with Gasteiger partial charge < -0.3 is 5.32 Å². The van der Waals surface area contributed by atoms with E-state index in [9.17, 15) is 18.0 Å². The molecule has 1 fully saturated rings. The van der Waals surface area contributed by atoms with Crippen molar-refractivity contribution in [2.45, 2.75) is 52.8 Å². The second-order valence-electron chi connectivity index (χ2n) is 6.81. The maximum absolute atomic E-state index is 12.9. The van der Waals surface area contributed by atoms with Gasteiger partial charge in [-0.05, 0) is 58.2 Å². The zero-order valence-corrected chi connectivity index (χ0v) is 14.6. The maximum Gasteiger partial charge on any atom is 0.393 e. The van der Waals surface area contributed by atoms with E-state index in [0.717, 1.165) is 22.4 Å². The molecule has 24 heavy (non-hydrogen) atoms. The average molecular weight is 342 g/mol. The number of rotatable bonds is 3. The van der Waals surface area contributed by atoms with Gasteiger partial charge in [0.2, 0.25) is 5.91 Å². The summed E-state index contributed by atoms with van der Waals surface area (Å²) in [6, 6.07) is 3.37. The number of likely N-dealkylation sites (tertiary alicyclic amines) is 1. The second-order valence-corrected chi connectivity index (χ2v) is 6.81. The molecule has 134 valence electrons. The molecule has 0 spiro atoms. The van der Waals surface area contributed by atoms with Crippen molar-refractivity contribution in [1.29, 1.82) is 0 Å². The molecule has 1 aliphatic rings. The lowest BCUT2D eigenvalue weighted by atomic mass is 9.96. The molecule has 1 aliphatic heterocycles. The number of halogens is 3. The highest BCUT2D eigenvalue weighted by Crippen LogP contribution is 2.34. The van der Waals surface area contributed by atoms with Crippen LogP contribution in [0.2, 0.25) is 0 Å². The maximum atomic E-state index is 12.9. The molecule has 2 atom stereocenters. The van der Waals surface area contributed by atoms with E-state index in [-0.39, 0.29) is 18.9 Å². The molecule has 0 aromatic heterocycles. The Bertz CT molecular complexity index is 590. The molecule has 0 saturated carbocycles. The van der Waals surface area contributed by atoms with E-state index in [1.807, 2.05) is 32.9 Å². The smallest absolute Gasteiger partial charge is 0.324 e. The lowest BCUT2D eigenvalue weighted by Crippen LogP contribution is -2.49. The minimum absolute atomic E-state index is 0.107. The number of nitrogens with zero attached hydrogens (tertiary/aromatic N) is 1. The van der Waals surface area contributed by atoms with Gasteiger partial charge in [-0.2, -0.15) is 13.2 Å². The highest BCUT2D eigenvalue weighted by molar-refractivity contribution is 5.96. The van der Waals surface area contributed by atoms with E-state index in [1.54, 1.807) is 11.8 Å². The van der Waals surface area contributed by atoms with Crippen molar-refractivity contribution in [3.05, 3.63) is 28.8 Å². The van der Waals surface area contributed by atoms with Gasteiger partial charge in [-0.25, -0.2) is 0 Å². The Hall–Kier alpha value is -1.56. The fourth-order valence-corrected chi connectivity index (χ4v) is 3.40. The lowest BCUT2D eigenvalue weighted by Gasteiger charge is -2.36. The van der Waals surface area contributed by atoms with E-state index in [0.29, 0.717) is 13.0 Å². The SMILES string of the molecule is Cc1cc(C)c(NC(=O)[C@@H](C)N2CCC[C@@H](C(F)(F)F)C2)c(C)c1. The molecule has 3 nitrogen and oxygen atoms in total. The molecule has 1 aromatic rings. The number of amides is 1. The number of hydrogen-bond donors (Lipinski definition) is 1. The molecule has 2 rings (SSSR count). The first kappa shape index (κ1) is 18.8. The molecule has 1 N–H and O–H groups in total. The minimum atomic E-state index is -4.20. The molecule has 1 saturated heterocycles. The number of aryl methyl sites for hydroxylation is 3. The Labute approximate surface area is 141 Å². The van der Waals surface area contributed by atoms with Gasteiger partial charge in [0.25, 0.3) is 0 Å². The van der Waals surface area contributed by atoms with Crippen LogP contribution in [0, 0.1) is 26.7 Å². The molecule has 0 unspecified atom stereocenters. The van der Waals surface area contributed by atoms with Crippen LogP contribution < -0.4 is 5.32 Å². The Kier molecular flexibility index (Phi) is 5.58. The molecule has 1 heterocycles. The van der Waals surface area contributed by atoms with Crippen LogP contribution in [0.25, 0.3) is 0 Å². The van der Waals surface area contributed by atoms with E-state index < -0.39 is 18.1 Å². The molecular weight excluding hydrogens is 317 g/mol. The third kappa shape index (κ3) is 4.29. The number of piperidine rings is 1. The third-order valence-electron chi connectivity index (χ3n) is 4.77. The zero-order chi connectivity index (χ0) is 18.1. The van der Waals surface area contributed by atoms with Gasteiger partial charge in [-0.1, -0.05) is 17.7 Å². The monoisotopic (exact) mass is 342 g/mol. The van der Waals surface area contributed by atoms with Crippen molar-refractivity contribution >= 4 is 11.6 Å². The largest absolute Gasteiger partial charge is 0.393 e. The number of nitrogens with one attached hydrogen (secondary N) is 1. The highest BCUT2D eigenvalue weighted by atomic mass is 19.4. The predicted molar refractivity (Wildman–Crippen MR) is 89.1 cm³/mol. The van der Waals surface area contributed by atoms with Gasteiger partial charge in [0.1, 0.15) is 0 Å². The summed E-state index contributed by atoms with van der Waals surface area (Å²) in [6.45, 7) is 7.91. The van der Waals surface area contributed by atoms with Gasteiger partial charge in [0.15, 0.2) is 0 Å². The van der Waals surface area contributed by atoms with Gasteiger partial charge in [-0.3, -0.25) is 9.69 Å². The molecular formula is C18H25F3N2O. The molecule has 1 aromatic carbocycles. The summed E-state index contributed by atoms with van der Waals surface area (Å²) in [4.78, 5) is 14.2. The number of benzene rings is 1. The van der Waals surface area contributed by atoms with E-state index in [4.69, 9.17) is 0 Å². The predicted octanol–water partition coefficient (Wildman–Crippen LogP) is 4.21. The number of hydrogen-bond acceptors (Lipinski definition) is 2. The van der Waals surface area contributed by atoms with Crippen molar-refractivity contribution in [2.24, 2.45) is 5.92 Å². The summed E-state index contributed by atoms with van der Waals surface area (Å²) >= 11 is 0. The molecule has 1 amide bonds. The average Bonchev–Trinajstić information content (AvgIpc) is 2.49. The molecule has 0 radical (unpaired) electrons. The number of anilines is 1. The van der Waals surface area contributed by atoms with E-state index in [1.165, 1.54) is 0 Å². The van der Waals surface area contributed by atoms with Crippen LogP contribution >= 0.6 is 0 Å². The summed E-state index contributed by atoms with van der Waals surface area (Å²) in [5, 5.41) is 2.89. The van der Waals surface area contributed by atoms with Crippen LogP contribution in [-0.2, 0) is 4.79 Å². The standard InChI is InChI=1S/C18H25F3N2O/c1-11-8-12(2)16(13(3)9-11)22-17(24)14(4)23-7-5-6-15(10-23)18(19,20)21/h8-9,14-15H,5-7,10H2,1-4H3,(H,22,24)/t14-,15-/m1/s1.